The van der Waals surface area contributed by atoms with Crippen molar-refractivity contribution in [3.05, 3.63) is 48.0 Å². The molecule has 0 aliphatic heterocycles. The van der Waals surface area contributed by atoms with Crippen LogP contribution >= 0.6 is 0 Å². The van der Waals surface area contributed by atoms with Gasteiger partial charge in [0.15, 0.2) is 0 Å². The number of rotatable bonds is 2. The Bertz CT molecular complexity index is 842. The number of phenols is 2. The highest BCUT2D eigenvalue weighted by molar-refractivity contribution is 5.87. The lowest BCUT2D eigenvalue weighted by Crippen LogP contribution is -1.89. The van der Waals surface area contributed by atoms with Crippen LogP contribution in [0.3, 0.4) is 0 Å². The summed E-state index contributed by atoms with van der Waals surface area (Å²) < 4.78 is 5.86. The van der Waals surface area contributed by atoms with Gasteiger partial charge in [0.1, 0.15) is 22.8 Å². The standard InChI is InChI=1S/C17H13NO3.2C2H6/c1-10(9-18)15-8-14(20)6-12-7-16(21-17(12)15)11-2-4-13(19)5-3-11;2*1-2/h2-8,10,19-20H,1H3;2*1-2H3. The van der Waals surface area contributed by atoms with Crippen LogP contribution in [0, 0.1) is 11.3 Å². The molecule has 0 fully saturated rings. The molecule has 4 nitrogen and oxygen atoms in total. The Labute approximate surface area is 149 Å². The fraction of sp³-hybridized carbons (Fsp3) is 0.286. The molecule has 0 aliphatic rings. The number of nitrogens with zero attached hydrogens (tertiary/aromatic N) is 1. The topological polar surface area (TPSA) is 77.4 Å². The molecule has 0 radical (unpaired) electrons. The minimum Gasteiger partial charge on any atom is -0.508 e. The van der Waals surface area contributed by atoms with Crippen LogP contribution < -0.4 is 0 Å². The fourth-order valence-electron chi connectivity index (χ4n) is 2.32. The maximum absolute atomic E-state index is 9.79. The third-order valence-electron chi connectivity index (χ3n) is 3.44. The summed E-state index contributed by atoms with van der Waals surface area (Å²) >= 11 is 0. The molecule has 2 aromatic carbocycles. The summed E-state index contributed by atoms with van der Waals surface area (Å²) in [5.41, 5.74) is 2.08. The van der Waals surface area contributed by atoms with Crippen LogP contribution in [0.15, 0.2) is 46.9 Å². The molecule has 3 rings (SSSR count). The molecule has 2 N–H and O–H groups in total. The van der Waals surface area contributed by atoms with Crippen LogP contribution in [0.2, 0.25) is 0 Å². The summed E-state index contributed by atoms with van der Waals surface area (Å²) in [6, 6.07) is 13.8. The number of aromatic hydroxyl groups is 2. The monoisotopic (exact) mass is 339 g/mol. The maximum atomic E-state index is 9.79. The molecule has 0 saturated carbocycles. The normalized spacial score (nSPS) is 10.7. The molecule has 0 spiro atoms. The molecular formula is C21H25NO3. The van der Waals surface area contributed by atoms with E-state index >= 15 is 0 Å². The van der Waals surface area contributed by atoms with Crippen molar-refractivity contribution in [2.45, 2.75) is 40.5 Å². The van der Waals surface area contributed by atoms with E-state index in [9.17, 15) is 10.2 Å². The van der Waals surface area contributed by atoms with Gasteiger partial charge in [-0.15, -0.1) is 0 Å². The van der Waals surface area contributed by atoms with Gasteiger partial charge in [0.25, 0.3) is 0 Å². The van der Waals surface area contributed by atoms with Gasteiger partial charge >= 0.3 is 0 Å². The molecule has 25 heavy (non-hydrogen) atoms. The third-order valence-corrected chi connectivity index (χ3v) is 3.44. The van der Waals surface area contributed by atoms with E-state index in [4.69, 9.17) is 9.68 Å². The Morgan fingerprint density at radius 3 is 2.08 bits per heavy atom. The van der Waals surface area contributed by atoms with Gasteiger partial charge in [-0.1, -0.05) is 27.7 Å². The first-order chi connectivity index (χ1) is 12.1. The zero-order chi connectivity index (χ0) is 19.0. The van der Waals surface area contributed by atoms with Crippen LogP contribution in [-0.2, 0) is 0 Å². The second-order valence-electron chi connectivity index (χ2n) is 4.96. The lowest BCUT2D eigenvalue weighted by atomic mass is 10.0. The minimum atomic E-state index is -0.376. The molecular weight excluding hydrogens is 314 g/mol. The van der Waals surface area contributed by atoms with Gasteiger partial charge in [-0.25, -0.2) is 0 Å². The second-order valence-corrected chi connectivity index (χ2v) is 4.96. The predicted molar refractivity (Wildman–Crippen MR) is 102 cm³/mol. The molecule has 1 unspecified atom stereocenters. The van der Waals surface area contributed by atoms with Crippen molar-refractivity contribution in [1.82, 2.24) is 0 Å². The highest BCUT2D eigenvalue weighted by Gasteiger charge is 2.16. The molecule has 0 saturated heterocycles. The van der Waals surface area contributed by atoms with E-state index in [2.05, 4.69) is 6.07 Å². The molecule has 0 aliphatic carbocycles. The summed E-state index contributed by atoms with van der Waals surface area (Å²) in [6.07, 6.45) is 0. The molecule has 1 atom stereocenters. The van der Waals surface area contributed by atoms with E-state index in [-0.39, 0.29) is 17.4 Å². The fourth-order valence-corrected chi connectivity index (χ4v) is 2.32. The van der Waals surface area contributed by atoms with E-state index < -0.39 is 0 Å². The van der Waals surface area contributed by atoms with Crippen molar-refractivity contribution in [3.8, 4) is 28.9 Å². The van der Waals surface area contributed by atoms with Gasteiger partial charge in [0.2, 0.25) is 0 Å². The van der Waals surface area contributed by atoms with Crippen molar-refractivity contribution in [3.63, 3.8) is 0 Å². The number of fused-ring (bicyclic) bond motifs is 1. The number of hydrogen-bond donors (Lipinski definition) is 2. The van der Waals surface area contributed by atoms with E-state index in [1.54, 1.807) is 43.3 Å². The van der Waals surface area contributed by atoms with E-state index in [0.29, 0.717) is 16.9 Å². The highest BCUT2D eigenvalue weighted by Crippen LogP contribution is 2.35. The van der Waals surface area contributed by atoms with Crippen LogP contribution in [-0.4, -0.2) is 10.2 Å². The van der Waals surface area contributed by atoms with Crippen LogP contribution in [0.1, 0.15) is 46.1 Å². The van der Waals surface area contributed by atoms with Crippen molar-refractivity contribution in [2.24, 2.45) is 0 Å². The van der Waals surface area contributed by atoms with Gasteiger partial charge < -0.3 is 14.6 Å². The Hall–Kier alpha value is -2.93. The lowest BCUT2D eigenvalue weighted by molar-refractivity contribution is 0.474. The average molecular weight is 339 g/mol. The summed E-state index contributed by atoms with van der Waals surface area (Å²) in [4.78, 5) is 0. The molecule has 0 amide bonds. The molecule has 1 heterocycles. The van der Waals surface area contributed by atoms with Crippen molar-refractivity contribution >= 4 is 11.0 Å². The van der Waals surface area contributed by atoms with E-state index in [1.165, 1.54) is 0 Å². The number of hydrogen-bond acceptors (Lipinski definition) is 4. The average Bonchev–Trinajstić information content (AvgIpc) is 3.08. The predicted octanol–water partition coefficient (Wildman–Crippen LogP) is 6.19. The van der Waals surface area contributed by atoms with E-state index in [1.807, 2.05) is 33.8 Å². The molecule has 4 heteroatoms. The highest BCUT2D eigenvalue weighted by atomic mass is 16.3. The molecule has 0 bridgehead atoms. The Morgan fingerprint density at radius 1 is 0.920 bits per heavy atom. The first-order valence-electron chi connectivity index (χ1n) is 8.54. The van der Waals surface area contributed by atoms with Crippen molar-refractivity contribution < 1.29 is 14.6 Å². The van der Waals surface area contributed by atoms with Crippen LogP contribution in [0.4, 0.5) is 0 Å². The first-order valence-corrected chi connectivity index (χ1v) is 8.54. The zero-order valence-electron chi connectivity index (χ0n) is 15.4. The summed E-state index contributed by atoms with van der Waals surface area (Å²) in [5, 5.41) is 29.0. The molecule has 3 aromatic rings. The SMILES string of the molecule is CC.CC.CC(C#N)c1cc(O)cc2cc(-c3ccc(O)cc3)oc12. The van der Waals surface area contributed by atoms with Crippen molar-refractivity contribution in [1.29, 1.82) is 5.26 Å². The van der Waals surface area contributed by atoms with Crippen LogP contribution in [0.5, 0.6) is 11.5 Å². The molecule has 1 aromatic heterocycles. The Kier molecular flexibility index (Phi) is 7.55. The summed E-state index contributed by atoms with van der Waals surface area (Å²) in [5.74, 6) is 0.546. The van der Waals surface area contributed by atoms with E-state index in [0.717, 1.165) is 10.9 Å². The molecule has 132 valence electrons. The van der Waals surface area contributed by atoms with Crippen LogP contribution in [0.25, 0.3) is 22.3 Å². The Morgan fingerprint density at radius 2 is 1.52 bits per heavy atom. The number of phenolic OH excluding ortho intramolecular Hbond substituents is 2. The third kappa shape index (κ3) is 4.54. The first kappa shape index (κ1) is 20.1. The quantitative estimate of drug-likeness (QED) is 0.583. The number of nitriles is 1. The lowest BCUT2D eigenvalue weighted by Gasteiger charge is -2.04. The Balaban J connectivity index is 0.000000730. The number of furan rings is 1. The van der Waals surface area contributed by atoms with Gasteiger partial charge in [-0.05, 0) is 49.4 Å². The number of benzene rings is 2. The zero-order valence-corrected chi connectivity index (χ0v) is 15.4. The van der Waals surface area contributed by atoms with Gasteiger partial charge in [-0.3, -0.25) is 0 Å². The smallest absolute Gasteiger partial charge is 0.139 e. The van der Waals surface area contributed by atoms with Crippen molar-refractivity contribution in [2.75, 3.05) is 0 Å². The minimum absolute atomic E-state index is 0.109. The summed E-state index contributed by atoms with van der Waals surface area (Å²) in [6.45, 7) is 9.76. The summed E-state index contributed by atoms with van der Waals surface area (Å²) in [7, 11) is 0. The van der Waals surface area contributed by atoms with Gasteiger partial charge in [0, 0.05) is 16.5 Å². The second kappa shape index (κ2) is 9.39. The van der Waals surface area contributed by atoms with Gasteiger partial charge in [-0.2, -0.15) is 5.26 Å². The largest absolute Gasteiger partial charge is 0.508 e. The maximum Gasteiger partial charge on any atom is 0.139 e. The van der Waals surface area contributed by atoms with Gasteiger partial charge in [0.05, 0.1) is 12.0 Å².